The van der Waals surface area contributed by atoms with Gasteiger partial charge in [0.15, 0.2) is 0 Å². The number of carboxylic acids is 1. The zero-order valence-corrected chi connectivity index (χ0v) is 11.6. The molecule has 2 heterocycles. The highest BCUT2D eigenvalue weighted by atomic mass is 16.4. The minimum absolute atomic E-state index is 0.117. The van der Waals surface area contributed by atoms with Crippen LogP contribution in [0.15, 0.2) is 23.3 Å². The van der Waals surface area contributed by atoms with Crippen molar-refractivity contribution in [1.82, 2.24) is 19.3 Å². The van der Waals surface area contributed by atoms with Crippen molar-refractivity contribution in [3.05, 3.63) is 45.9 Å². The molecule has 0 saturated heterocycles. The molecular weight excluding hydrogens is 260 g/mol. The third kappa shape index (κ3) is 2.47. The quantitative estimate of drug-likeness (QED) is 0.902. The fourth-order valence-electron chi connectivity index (χ4n) is 1.99. The number of nitrogens with zero attached hydrogens (tertiary/aromatic N) is 4. The molecule has 1 N–H and O–H groups in total. The van der Waals surface area contributed by atoms with Crippen LogP contribution in [0.4, 0.5) is 0 Å². The standard InChI is InChI=1S/C13H16N4O3/c1-8(2)17-11(14-7-15-17)6-16-9(3)4-5-10(12(16)18)13(19)20/h4-5,7-8H,6H2,1-3H3,(H,19,20). The predicted molar refractivity (Wildman–Crippen MR) is 71.9 cm³/mol. The van der Waals surface area contributed by atoms with Crippen molar-refractivity contribution in [3.63, 3.8) is 0 Å². The van der Waals surface area contributed by atoms with Crippen LogP contribution in [0, 0.1) is 6.92 Å². The van der Waals surface area contributed by atoms with Crippen LogP contribution < -0.4 is 5.56 Å². The van der Waals surface area contributed by atoms with E-state index in [0.29, 0.717) is 11.5 Å². The van der Waals surface area contributed by atoms with Gasteiger partial charge >= 0.3 is 5.97 Å². The second-order valence-electron chi connectivity index (χ2n) is 4.80. The third-order valence-electron chi connectivity index (χ3n) is 3.06. The SMILES string of the molecule is Cc1ccc(C(=O)O)c(=O)n1Cc1ncnn1C(C)C. The summed E-state index contributed by atoms with van der Waals surface area (Å²) in [6.07, 6.45) is 1.43. The van der Waals surface area contributed by atoms with Gasteiger partial charge in [-0.25, -0.2) is 14.5 Å². The summed E-state index contributed by atoms with van der Waals surface area (Å²) in [6.45, 7) is 5.87. The van der Waals surface area contributed by atoms with Crippen molar-refractivity contribution in [3.8, 4) is 0 Å². The normalized spacial score (nSPS) is 11.0. The molecule has 20 heavy (non-hydrogen) atoms. The number of aromatic nitrogens is 4. The van der Waals surface area contributed by atoms with Crippen LogP contribution >= 0.6 is 0 Å². The maximum Gasteiger partial charge on any atom is 0.341 e. The van der Waals surface area contributed by atoms with E-state index in [1.165, 1.54) is 17.0 Å². The molecule has 0 unspecified atom stereocenters. The summed E-state index contributed by atoms with van der Waals surface area (Å²) in [7, 11) is 0. The van der Waals surface area contributed by atoms with Crippen molar-refractivity contribution >= 4 is 5.97 Å². The minimum Gasteiger partial charge on any atom is -0.477 e. The number of pyridine rings is 1. The number of carbonyl (C=O) groups is 1. The van der Waals surface area contributed by atoms with E-state index in [0.717, 1.165) is 0 Å². The Hall–Kier alpha value is -2.44. The fourth-order valence-corrected chi connectivity index (χ4v) is 1.99. The predicted octanol–water partition coefficient (Wildman–Crippen LogP) is 1.08. The Labute approximate surface area is 115 Å². The summed E-state index contributed by atoms with van der Waals surface area (Å²) in [4.78, 5) is 27.3. The summed E-state index contributed by atoms with van der Waals surface area (Å²) in [5.41, 5.74) is -0.0969. The van der Waals surface area contributed by atoms with Gasteiger partial charge in [0.05, 0.1) is 6.54 Å². The number of aryl methyl sites for hydroxylation is 1. The smallest absolute Gasteiger partial charge is 0.341 e. The summed E-state index contributed by atoms with van der Waals surface area (Å²) >= 11 is 0. The maximum atomic E-state index is 12.2. The molecule has 7 nitrogen and oxygen atoms in total. The van der Waals surface area contributed by atoms with Crippen molar-refractivity contribution < 1.29 is 9.90 Å². The zero-order chi connectivity index (χ0) is 14.9. The van der Waals surface area contributed by atoms with Crippen LogP contribution in [0.1, 0.15) is 41.8 Å². The fraction of sp³-hybridized carbons (Fsp3) is 0.385. The summed E-state index contributed by atoms with van der Waals surface area (Å²) in [5.74, 6) is -0.609. The van der Waals surface area contributed by atoms with Crippen molar-refractivity contribution in [2.24, 2.45) is 0 Å². The molecule has 2 aromatic rings. The molecule has 2 aromatic heterocycles. The molecular formula is C13H16N4O3. The second kappa shape index (κ2) is 5.28. The van der Waals surface area contributed by atoms with Crippen molar-refractivity contribution in [2.75, 3.05) is 0 Å². The molecule has 7 heteroatoms. The zero-order valence-electron chi connectivity index (χ0n) is 11.6. The number of aromatic carboxylic acids is 1. The highest BCUT2D eigenvalue weighted by molar-refractivity contribution is 5.87. The Morgan fingerprint density at radius 2 is 2.10 bits per heavy atom. The van der Waals surface area contributed by atoms with E-state index in [1.807, 2.05) is 13.8 Å². The molecule has 0 aliphatic rings. The number of rotatable bonds is 4. The lowest BCUT2D eigenvalue weighted by atomic mass is 10.2. The van der Waals surface area contributed by atoms with Crippen LogP contribution in [0.3, 0.4) is 0 Å². The number of hydrogen-bond donors (Lipinski definition) is 1. The maximum absolute atomic E-state index is 12.2. The Morgan fingerprint density at radius 1 is 1.40 bits per heavy atom. The number of carboxylic acid groups (broad SMARTS) is 1. The van der Waals surface area contributed by atoms with Crippen molar-refractivity contribution in [2.45, 2.75) is 33.4 Å². The molecule has 0 amide bonds. The first-order valence-electron chi connectivity index (χ1n) is 6.24. The van der Waals surface area contributed by atoms with Gasteiger partial charge in [-0.05, 0) is 32.9 Å². The van der Waals surface area contributed by atoms with Crippen LogP contribution in [0.5, 0.6) is 0 Å². The van der Waals surface area contributed by atoms with Gasteiger partial charge in [-0.3, -0.25) is 4.79 Å². The van der Waals surface area contributed by atoms with Gasteiger partial charge in [-0.15, -0.1) is 0 Å². The highest BCUT2D eigenvalue weighted by Gasteiger charge is 2.15. The average molecular weight is 276 g/mol. The molecule has 0 atom stereocenters. The van der Waals surface area contributed by atoms with Gasteiger partial charge in [0.1, 0.15) is 17.7 Å². The van der Waals surface area contributed by atoms with E-state index >= 15 is 0 Å². The van der Waals surface area contributed by atoms with Gasteiger partial charge < -0.3 is 9.67 Å². The first kappa shape index (κ1) is 14.0. The molecule has 0 bridgehead atoms. The lowest BCUT2D eigenvalue weighted by Crippen LogP contribution is -2.29. The molecule has 0 saturated carbocycles. The molecule has 0 spiro atoms. The molecule has 0 aliphatic heterocycles. The van der Waals surface area contributed by atoms with E-state index in [2.05, 4.69) is 10.1 Å². The van der Waals surface area contributed by atoms with Crippen LogP contribution in [-0.4, -0.2) is 30.4 Å². The van der Waals surface area contributed by atoms with E-state index in [9.17, 15) is 9.59 Å². The summed E-state index contributed by atoms with van der Waals surface area (Å²) in [6, 6.07) is 3.05. The highest BCUT2D eigenvalue weighted by Crippen LogP contribution is 2.08. The van der Waals surface area contributed by atoms with Crippen LogP contribution in [0.2, 0.25) is 0 Å². The lowest BCUT2D eigenvalue weighted by molar-refractivity contribution is 0.0694. The van der Waals surface area contributed by atoms with Crippen LogP contribution in [-0.2, 0) is 6.54 Å². The van der Waals surface area contributed by atoms with Crippen molar-refractivity contribution in [1.29, 1.82) is 0 Å². The first-order valence-corrected chi connectivity index (χ1v) is 6.24. The van der Waals surface area contributed by atoms with E-state index in [1.54, 1.807) is 17.7 Å². The average Bonchev–Trinajstić information content (AvgIpc) is 2.82. The molecule has 106 valence electrons. The van der Waals surface area contributed by atoms with Gasteiger partial charge in [0.25, 0.3) is 5.56 Å². The van der Waals surface area contributed by atoms with Crippen LogP contribution in [0.25, 0.3) is 0 Å². The van der Waals surface area contributed by atoms with Gasteiger partial charge in [0, 0.05) is 11.7 Å². The first-order chi connectivity index (χ1) is 9.41. The Morgan fingerprint density at radius 3 is 2.70 bits per heavy atom. The van der Waals surface area contributed by atoms with E-state index in [4.69, 9.17) is 5.11 Å². The van der Waals surface area contributed by atoms with Gasteiger partial charge in [-0.1, -0.05) is 0 Å². The monoisotopic (exact) mass is 276 g/mol. The topological polar surface area (TPSA) is 90.0 Å². The summed E-state index contributed by atoms with van der Waals surface area (Å²) < 4.78 is 3.10. The lowest BCUT2D eigenvalue weighted by Gasteiger charge is -2.13. The Bertz CT molecular complexity index is 700. The van der Waals surface area contributed by atoms with E-state index in [-0.39, 0.29) is 18.2 Å². The molecule has 0 aliphatic carbocycles. The largest absolute Gasteiger partial charge is 0.477 e. The molecule has 0 aromatic carbocycles. The van der Waals surface area contributed by atoms with Gasteiger partial charge in [-0.2, -0.15) is 5.10 Å². The minimum atomic E-state index is -1.23. The Balaban J connectivity index is 2.48. The second-order valence-corrected chi connectivity index (χ2v) is 4.80. The van der Waals surface area contributed by atoms with E-state index < -0.39 is 11.5 Å². The number of hydrogen-bond acceptors (Lipinski definition) is 4. The third-order valence-corrected chi connectivity index (χ3v) is 3.06. The molecule has 0 fully saturated rings. The van der Waals surface area contributed by atoms with Gasteiger partial charge in [0.2, 0.25) is 0 Å². The molecule has 2 rings (SSSR count). The summed E-state index contributed by atoms with van der Waals surface area (Å²) in [5, 5.41) is 13.1. The molecule has 0 radical (unpaired) electrons. The Kier molecular flexibility index (Phi) is 3.69.